The summed E-state index contributed by atoms with van der Waals surface area (Å²) in [4.78, 5) is 20.4. The minimum absolute atomic E-state index is 0.339. The third-order valence-corrected chi connectivity index (χ3v) is 3.40. The van der Waals surface area contributed by atoms with Gasteiger partial charge in [-0.15, -0.1) is 0 Å². The molecular formula is C18H16N2O2. The Morgan fingerprint density at radius 2 is 1.91 bits per heavy atom. The molecule has 0 saturated carbocycles. The van der Waals surface area contributed by atoms with Crippen molar-refractivity contribution in [1.82, 2.24) is 9.97 Å². The Morgan fingerprint density at radius 1 is 1.14 bits per heavy atom. The summed E-state index contributed by atoms with van der Waals surface area (Å²) in [7, 11) is 0. The largest absolute Gasteiger partial charge is 0.451 e. The summed E-state index contributed by atoms with van der Waals surface area (Å²) in [6, 6.07) is 15.4. The molecule has 2 aromatic heterocycles. The first kappa shape index (κ1) is 14.2. The molecule has 0 spiro atoms. The summed E-state index contributed by atoms with van der Waals surface area (Å²) in [5.41, 5.74) is 3.36. The number of para-hydroxylation sites is 1. The van der Waals surface area contributed by atoms with Crippen LogP contribution in [0.1, 0.15) is 30.0 Å². The Hall–Kier alpha value is -2.75. The maximum Gasteiger partial charge on any atom is 0.303 e. The van der Waals surface area contributed by atoms with E-state index in [4.69, 9.17) is 4.74 Å². The molecule has 0 saturated heterocycles. The summed E-state index contributed by atoms with van der Waals surface area (Å²) in [6.07, 6.45) is 1.16. The number of rotatable bonds is 3. The first-order valence-electron chi connectivity index (χ1n) is 7.09. The first-order chi connectivity index (χ1) is 10.6. The molecule has 3 rings (SSSR count). The topological polar surface area (TPSA) is 52.1 Å². The van der Waals surface area contributed by atoms with Crippen LogP contribution < -0.4 is 0 Å². The van der Waals surface area contributed by atoms with Crippen LogP contribution in [0.5, 0.6) is 0 Å². The van der Waals surface area contributed by atoms with Gasteiger partial charge in [-0.1, -0.05) is 24.3 Å². The third-order valence-electron chi connectivity index (χ3n) is 3.40. The molecule has 0 aliphatic rings. The Labute approximate surface area is 128 Å². The lowest BCUT2D eigenvalue weighted by Crippen LogP contribution is -2.12. The minimum atomic E-state index is -0.537. The van der Waals surface area contributed by atoms with Crippen LogP contribution in [-0.4, -0.2) is 15.9 Å². The highest BCUT2D eigenvalue weighted by Gasteiger charge is 2.21. The molecule has 22 heavy (non-hydrogen) atoms. The molecule has 4 heteroatoms. The molecule has 0 aliphatic carbocycles. The van der Waals surface area contributed by atoms with Crippen molar-refractivity contribution in [3.8, 4) is 0 Å². The summed E-state index contributed by atoms with van der Waals surface area (Å²) in [5, 5.41) is 0.963. The van der Waals surface area contributed by atoms with E-state index in [1.54, 1.807) is 6.20 Å². The number of esters is 1. The molecule has 0 bridgehead atoms. The normalized spacial score (nSPS) is 12.1. The molecule has 1 atom stereocenters. The fourth-order valence-corrected chi connectivity index (χ4v) is 2.54. The molecule has 0 amide bonds. The van der Waals surface area contributed by atoms with Crippen LogP contribution >= 0.6 is 0 Å². The van der Waals surface area contributed by atoms with Gasteiger partial charge in [-0.05, 0) is 31.2 Å². The van der Waals surface area contributed by atoms with Crippen molar-refractivity contribution in [2.24, 2.45) is 0 Å². The van der Waals surface area contributed by atoms with Crippen LogP contribution in [0.15, 0.2) is 54.7 Å². The SMILES string of the molecule is CC(=O)OC(c1ccccn1)c1cc(C)nc2ccccc12. The Balaban J connectivity index is 2.22. The minimum Gasteiger partial charge on any atom is -0.451 e. The summed E-state index contributed by atoms with van der Waals surface area (Å²) >= 11 is 0. The summed E-state index contributed by atoms with van der Waals surface area (Å²) in [6.45, 7) is 3.34. The van der Waals surface area contributed by atoms with E-state index in [1.807, 2.05) is 55.5 Å². The van der Waals surface area contributed by atoms with Gasteiger partial charge in [0.2, 0.25) is 0 Å². The van der Waals surface area contributed by atoms with Gasteiger partial charge in [0.1, 0.15) is 0 Å². The Kier molecular flexibility index (Phi) is 3.83. The smallest absolute Gasteiger partial charge is 0.303 e. The van der Waals surface area contributed by atoms with Gasteiger partial charge >= 0.3 is 5.97 Å². The number of hydrogen-bond acceptors (Lipinski definition) is 4. The number of carbonyl (C=O) groups is 1. The van der Waals surface area contributed by atoms with E-state index < -0.39 is 6.10 Å². The molecule has 110 valence electrons. The van der Waals surface area contributed by atoms with Gasteiger partial charge < -0.3 is 4.74 Å². The fourth-order valence-electron chi connectivity index (χ4n) is 2.54. The number of hydrogen-bond donors (Lipinski definition) is 0. The summed E-state index contributed by atoms with van der Waals surface area (Å²) < 4.78 is 5.56. The van der Waals surface area contributed by atoms with Gasteiger partial charge in [0.15, 0.2) is 6.10 Å². The predicted octanol–water partition coefficient (Wildman–Crippen LogP) is 3.59. The lowest BCUT2D eigenvalue weighted by molar-refractivity contribution is -0.144. The molecule has 0 fully saturated rings. The van der Waals surface area contributed by atoms with Crippen molar-refractivity contribution in [3.63, 3.8) is 0 Å². The van der Waals surface area contributed by atoms with E-state index in [-0.39, 0.29) is 5.97 Å². The Morgan fingerprint density at radius 3 is 2.64 bits per heavy atom. The van der Waals surface area contributed by atoms with Crippen LogP contribution in [-0.2, 0) is 9.53 Å². The average molecular weight is 292 g/mol. The van der Waals surface area contributed by atoms with E-state index in [1.165, 1.54) is 6.92 Å². The number of nitrogens with zero attached hydrogens (tertiary/aromatic N) is 2. The van der Waals surface area contributed by atoms with E-state index in [9.17, 15) is 4.79 Å². The quantitative estimate of drug-likeness (QED) is 0.692. The standard InChI is InChI=1S/C18H16N2O2/c1-12-11-15(14-7-3-4-8-16(14)20-12)18(22-13(2)21)17-9-5-6-10-19-17/h3-11,18H,1-2H3. The van der Waals surface area contributed by atoms with Crippen LogP contribution in [0.25, 0.3) is 10.9 Å². The third kappa shape index (κ3) is 2.81. The molecule has 1 unspecified atom stereocenters. The number of pyridine rings is 2. The molecule has 0 N–H and O–H groups in total. The zero-order valence-corrected chi connectivity index (χ0v) is 12.5. The highest BCUT2D eigenvalue weighted by atomic mass is 16.5. The maximum absolute atomic E-state index is 11.6. The molecule has 0 radical (unpaired) electrons. The number of aryl methyl sites for hydroxylation is 1. The van der Waals surface area contributed by atoms with E-state index >= 15 is 0 Å². The Bertz CT molecular complexity index is 816. The number of ether oxygens (including phenoxy) is 1. The summed E-state index contributed by atoms with van der Waals surface area (Å²) in [5.74, 6) is -0.339. The van der Waals surface area contributed by atoms with Crippen molar-refractivity contribution in [2.45, 2.75) is 20.0 Å². The van der Waals surface area contributed by atoms with Crippen LogP contribution in [0.2, 0.25) is 0 Å². The van der Waals surface area contributed by atoms with Gasteiger partial charge in [0.25, 0.3) is 0 Å². The van der Waals surface area contributed by atoms with Crippen LogP contribution in [0, 0.1) is 6.92 Å². The van der Waals surface area contributed by atoms with E-state index in [0.717, 1.165) is 22.2 Å². The molecule has 2 heterocycles. The van der Waals surface area contributed by atoms with Crippen molar-refractivity contribution in [3.05, 3.63) is 71.7 Å². The van der Waals surface area contributed by atoms with E-state index in [2.05, 4.69) is 9.97 Å². The number of carbonyl (C=O) groups excluding carboxylic acids is 1. The average Bonchev–Trinajstić information content (AvgIpc) is 2.52. The van der Waals surface area contributed by atoms with Crippen molar-refractivity contribution in [2.75, 3.05) is 0 Å². The monoisotopic (exact) mass is 292 g/mol. The maximum atomic E-state index is 11.6. The zero-order chi connectivity index (χ0) is 15.5. The highest BCUT2D eigenvalue weighted by molar-refractivity contribution is 5.83. The van der Waals surface area contributed by atoms with Gasteiger partial charge in [-0.25, -0.2) is 0 Å². The molecule has 3 aromatic rings. The highest BCUT2D eigenvalue weighted by Crippen LogP contribution is 2.30. The molecular weight excluding hydrogens is 276 g/mol. The lowest BCUT2D eigenvalue weighted by atomic mass is 10.00. The zero-order valence-electron chi connectivity index (χ0n) is 12.5. The van der Waals surface area contributed by atoms with Gasteiger partial charge in [-0.2, -0.15) is 0 Å². The van der Waals surface area contributed by atoms with E-state index in [0.29, 0.717) is 5.69 Å². The first-order valence-corrected chi connectivity index (χ1v) is 7.09. The van der Waals surface area contributed by atoms with Crippen LogP contribution in [0.3, 0.4) is 0 Å². The molecule has 4 nitrogen and oxygen atoms in total. The number of fused-ring (bicyclic) bond motifs is 1. The van der Waals surface area contributed by atoms with Crippen molar-refractivity contribution < 1.29 is 9.53 Å². The van der Waals surface area contributed by atoms with Crippen molar-refractivity contribution >= 4 is 16.9 Å². The molecule has 1 aromatic carbocycles. The van der Waals surface area contributed by atoms with Gasteiger partial charge in [-0.3, -0.25) is 14.8 Å². The van der Waals surface area contributed by atoms with Gasteiger partial charge in [0.05, 0.1) is 11.2 Å². The number of benzene rings is 1. The van der Waals surface area contributed by atoms with Crippen LogP contribution in [0.4, 0.5) is 0 Å². The second-order valence-corrected chi connectivity index (χ2v) is 5.11. The predicted molar refractivity (Wildman–Crippen MR) is 84.3 cm³/mol. The lowest BCUT2D eigenvalue weighted by Gasteiger charge is -2.19. The molecule has 0 aliphatic heterocycles. The second kappa shape index (κ2) is 5.93. The van der Waals surface area contributed by atoms with Crippen molar-refractivity contribution in [1.29, 1.82) is 0 Å². The number of aromatic nitrogens is 2. The fraction of sp³-hybridized carbons (Fsp3) is 0.167. The van der Waals surface area contributed by atoms with Gasteiger partial charge in [0, 0.05) is 29.8 Å². The second-order valence-electron chi connectivity index (χ2n) is 5.11.